The van der Waals surface area contributed by atoms with Crippen molar-refractivity contribution in [2.24, 2.45) is 5.73 Å². The molecule has 0 aliphatic heterocycles. The van der Waals surface area contributed by atoms with E-state index in [1.807, 2.05) is 43.7 Å². The maximum Gasteiger partial charge on any atom is 0.118 e. The highest BCUT2D eigenvalue weighted by atomic mass is 16.5. The Morgan fingerprint density at radius 3 is 2.65 bits per heavy atom. The Kier molecular flexibility index (Phi) is 3.44. The van der Waals surface area contributed by atoms with Gasteiger partial charge in [-0.2, -0.15) is 0 Å². The monoisotopic (exact) mass is 231 g/mol. The van der Waals surface area contributed by atoms with Crippen LogP contribution < -0.4 is 10.5 Å². The first-order chi connectivity index (χ1) is 8.20. The molecule has 0 amide bonds. The minimum Gasteiger partial charge on any atom is -0.497 e. The van der Waals surface area contributed by atoms with Crippen LogP contribution in [0.15, 0.2) is 36.8 Å². The van der Waals surface area contributed by atoms with Gasteiger partial charge in [0.25, 0.3) is 0 Å². The van der Waals surface area contributed by atoms with Crippen LogP contribution in [0.4, 0.5) is 0 Å². The number of hydrogen-bond acceptors (Lipinski definition) is 3. The second-order valence-corrected chi connectivity index (χ2v) is 4.08. The summed E-state index contributed by atoms with van der Waals surface area (Å²) in [6, 6.07) is 8.00. The summed E-state index contributed by atoms with van der Waals surface area (Å²) < 4.78 is 7.19. The van der Waals surface area contributed by atoms with E-state index in [4.69, 9.17) is 10.5 Å². The quantitative estimate of drug-likeness (QED) is 0.875. The van der Waals surface area contributed by atoms with E-state index in [9.17, 15) is 0 Å². The number of nitrogens with two attached hydrogens (primary N) is 1. The molecule has 0 fully saturated rings. The summed E-state index contributed by atoms with van der Waals surface area (Å²) in [5.41, 5.74) is 8.12. The fraction of sp³-hybridized carbons (Fsp3) is 0.308. The second kappa shape index (κ2) is 5.01. The van der Waals surface area contributed by atoms with E-state index < -0.39 is 0 Å². The van der Waals surface area contributed by atoms with Crippen LogP contribution in [-0.4, -0.2) is 16.7 Å². The number of aromatic nitrogens is 2. The molecule has 4 heteroatoms. The van der Waals surface area contributed by atoms with E-state index >= 15 is 0 Å². The highest BCUT2D eigenvalue weighted by Crippen LogP contribution is 2.15. The molecule has 2 rings (SSSR count). The van der Waals surface area contributed by atoms with E-state index in [1.165, 1.54) is 5.56 Å². The maximum absolute atomic E-state index is 5.88. The zero-order chi connectivity index (χ0) is 12.3. The Balaban J connectivity index is 2.16. The summed E-state index contributed by atoms with van der Waals surface area (Å²) in [4.78, 5) is 4.13. The van der Waals surface area contributed by atoms with Crippen LogP contribution in [0.3, 0.4) is 0 Å². The van der Waals surface area contributed by atoms with E-state index in [2.05, 4.69) is 9.55 Å². The zero-order valence-corrected chi connectivity index (χ0v) is 10.1. The van der Waals surface area contributed by atoms with Gasteiger partial charge in [0.05, 0.1) is 19.1 Å². The maximum atomic E-state index is 5.88. The van der Waals surface area contributed by atoms with Crippen molar-refractivity contribution in [3.63, 3.8) is 0 Å². The zero-order valence-electron chi connectivity index (χ0n) is 10.1. The van der Waals surface area contributed by atoms with Crippen molar-refractivity contribution < 1.29 is 4.74 Å². The predicted octanol–water partition coefficient (Wildman–Crippen LogP) is 1.96. The van der Waals surface area contributed by atoms with Gasteiger partial charge in [-0.1, -0.05) is 12.1 Å². The lowest BCUT2D eigenvalue weighted by atomic mass is 10.2. The molecular formula is C13H17N3O. The Labute approximate surface area is 101 Å². The minimum absolute atomic E-state index is 0.00394. The van der Waals surface area contributed by atoms with Gasteiger partial charge >= 0.3 is 0 Å². The van der Waals surface area contributed by atoms with Gasteiger partial charge in [-0.3, -0.25) is 0 Å². The predicted molar refractivity (Wildman–Crippen MR) is 66.9 cm³/mol. The van der Waals surface area contributed by atoms with Gasteiger partial charge in [0, 0.05) is 18.8 Å². The van der Waals surface area contributed by atoms with Crippen molar-refractivity contribution in [1.29, 1.82) is 0 Å². The van der Waals surface area contributed by atoms with Crippen LogP contribution in [0.1, 0.15) is 24.2 Å². The van der Waals surface area contributed by atoms with Crippen LogP contribution in [0.5, 0.6) is 5.75 Å². The third kappa shape index (κ3) is 2.65. The van der Waals surface area contributed by atoms with Gasteiger partial charge < -0.3 is 15.0 Å². The molecule has 2 aromatic rings. The summed E-state index contributed by atoms with van der Waals surface area (Å²) in [6.45, 7) is 2.74. The molecule has 0 radical (unpaired) electrons. The topological polar surface area (TPSA) is 53.1 Å². The first kappa shape index (κ1) is 11.7. The molecule has 4 nitrogen and oxygen atoms in total. The van der Waals surface area contributed by atoms with Crippen LogP contribution in [0.2, 0.25) is 0 Å². The van der Waals surface area contributed by atoms with Crippen LogP contribution >= 0.6 is 0 Å². The fourth-order valence-corrected chi connectivity index (χ4v) is 1.77. The lowest BCUT2D eigenvalue weighted by Gasteiger charge is -2.11. The normalized spacial score (nSPS) is 12.4. The Hall–Kier alpha value is -1.81. The molecule has 0 aliphatic rings. The van der Waals surface area contributed by atoms with E-state index in [0.29, 0.717) is 0 Å². The van der Waals surface area contributed by atoms with Gasteiger partial charge in [-0.15, -0.1) is 0 Å². The van der Waals surface area contributed by atoms with Crippen molar-refractivity contribution in [2.75, 3.05) is 7.11 Å². The average molecular weight is 231 g/mol. The Morgan fingerprint density at radius 2 is 2.06 bits per heavy atom. The Bertz CT molecular complexity index is 474. The molecule has 1 heterocycles. The lowest BCUT2D eigenvalue weighted by Crippen LogP contribution is -2.12. The molecule has 90 valence electrons. The second-order valence-electron chi connectivity index (χ2n) is 4.08. The first-order valence-corrected chi connectivity index (χ1v) is 5.59. The van der Waals surface area contributed by atoms with E-state index in [1.54, 1.807) is 7.11 Å². The standard InChI is InChI=1S/C13H17N3O/c1-10(14)13-7-15-9-16(13)8-11-3-5-12(17-2)6-4-11/h3-7,9-10H,8,14H2,1-2H3. The average Bonchev–Trinajstić information content (AvgIpc) is 2.78. The van der Waals surface area contributed by atoms with Crippen molar-refractivity contribution in [3.05, 3.63) is 48.0 Å². The van der Waals surface area contributed by atoms with Crippen molar-refractivity contribution in [1.82, 2.24) is 9.55 Å². The highest BCUT2D eigenvalue weighted by Gasteiger charge is 2.06. The number of benzene rings is 1. The summed E-state index contributed by atoms with van der Waals surface area (Å²) in [5.74, 6) is 0.867. The molecule has 0 saturated heterocycles. The van der Waals surface area contributed by atoms with Gasteiger partial charge in [0.1, 0.15) is 5.75 Å². The van der Waals surface area contributed by atoms with Gasteiger partial charge in [0.15, 0.2) is 0 Å². The van der Waals surface area contributed by atoms with Crippen LogP contribution in [-0.2, 0) is 6.54 Å². The number of ether oxygens (including phenoxy) is 1. The number of hydrogen-bond donors (Lipinski definition) is 1. The van der Waals surface area contributed by atoms with E-state index in [-0.39, 0.29) is 6.04 Å². The molecule has 0 bridgehead atoms. The molecule has 1 aromatic heterocycles. The van der Waals surface area contributed by atoms with Crippen LogP contribution in [0.25, 0.3) is 0 Å². The molecular weight excluding hydrogens is 214 g/mol. The third-order valence-electron chi connectivity index (χ3n) is 2.72. The molecule has 2 N–H and O–H groups in total. The lowest BCUT2D eigenvalue weighted by molar-refractivity contribution is 0.414. The summed E-state index contributed by atoms with van der Waals surface area (Å²) >= 11 is 0. The summed E-state index contributed by atoms with van der Waals surface area (Å²) in [6.07, 6.45) is 3.62. The number of methoxy groups -OCH3 is 1. The van der Waals surface area contributed by atoms with Crippen LogP contribution in [0, 0.1) is 0 Å². The number of imidazole rings is 1. The highest BCUT2D eigenvalue weighted by molar-refractivity contribution is 5.27. The molecule has 1 aromatic carbocycles. The third-order valence-corrected chi connectivity index (χ3v) is 2.72. The minimum atomic E-state index is -0.00394. The van der Waals surface area contributed by atoms with Crippen molar-refractivity contribution in [2.45, 2.75) is 19.5 Å². The molecule has 0 spiro atoms. The summed E-state index contributed by atoms with van der Waals surface area (Å²) in [7, 11) is 1.67. The SMILES string of the molecule is COc1ccc(Cn2cncc2C(C)N)cc1. The number of rotatable bonds is 4. The molecule has 0 aliphatic carbocycles. The number of nitrogens with zero attached hydrogens (tertiary/aromatic N) is 2. The van der Waals surface area contributed by atoms with Gasteiger partial charge in [-0.05, 0) is 24.6 Å². The van der Waals surface area contributed by atoms with Gasteiger partial charge in [-0.25, -0.2) is 4.98 Å². The van der Waals surface area contributed by atoms with Crippen molar-refractivity contribution in [3.8, 4) is 5.75 Å². The van der Waals surface area contributed by atoms with Gasteiger partial charge in [0.2, 0.25) is 0 Å². The molecule has 0 saturated carbocycles. The molecule has 17 heavy (non-hydrogen) atoms. The first-order valence-electron chi connectivity index (χ1n) is 5.59. The van der Waals surface area contributed by atoms with Crippen molar-refractivity contribution >= 4 is 0 Å². The fourth-order valence-electron chi connectivity index (χ4n) is 1.77. The summed E-state index contributed by atoms with van der Waals surface area (Å²) in [5, 5.41) is 0. The molecule has 1 unspecified atom stereocenters. The largest absolute Gasteiger partial charge is 0.497 e. The van der Waals surface area contributed by atoms with E-state index in [0.717, 1.165) is 18.0 Å². The smallest absolute Gasteiger partial charge is 0.118 e. The Morgan fingerprint density at radius 1 is 1.35 bits per heavy atom. The molecule has 1 atom stereocenters.